The molecule has 0 fully saturated rings. The first-order chi connectivity index (χ1) is 9.65. The number of ether oxygens (including phenoxy) is 1. The second kappa shape index (κ2) is 9.77. The van der Waals surface area contributed by atoms with Crippen molar-refractivity contribution in [2.24, 2.45) is 13.0 Å². The molecule has 1 heterocycles. The summed E-state index contributed by atoms with van der Waals surface area (Å²) in [6.45, 7) is 6.03. The summed E-state index contributed by atoms with van der Waals surface area (Å²) in [7, 11) is 1.87. The van der Waals surface area contributed by atoms with E-state index in [2.05, 4.69) is 24.3 Å². The molecule has 1 rings (SSSR count). The highest BCUT2D eigenvalue weighted by Gasteiger charge is 2.09. The van der Waals surface area contributed by atoms with Gasteiger partial charge in [-0.3, -0.25) is 4.68 Å². The van der Waals surface area contributed by atoms with Gasteiger partial charge in [-0.25, -0.2) is 0 Å². The Labute approximate surface area is 122 Å². The van der Waals surface area contributed by atoms with E-state index in [1.54, 1.807) is 10.9 Å². The number of hydrogen-bond acceptors (Lipinski definition) is 4. The van der Waals surface area contributed by atoms with Gasteiger partial charge in [0.05, 0.1) is 24.6 Å². The molecule has 116 valence electrons. The molecular weight excluding hydrogens is 254 g/mol. The SMILES string of the molecule is CCCCC(CC)COCC(O)CNc1cnn(C)c1. The third kappa shape index (κ3) is 6.91. The summed E-state index contributed by atoms with van der Waals surface area (Å²) in [5, 5.41) is 17.1. The third-order valence-electron chi connectivity index (χ3n) is 3.45. The minimum atomic E-state index is -0.487. The summed E-state index contributed by atoms with van der Waals surface area (Å²) in [6.07, 6.45) is 7.98. The molecule has 5 nitrogen and oxygen atoms in total. The van der Waals surface area contributed by atoms with E-state index in [1.165, 1.54) is 19.3 Å². The van der Waals surface area contributed by atoms with Gasteiger partial charge in [-0.05, 0) is 12.3 Å². The minimum absolute atomic E-state index is 0.385. The van der Waals surface area contributed by atoms with Gasteiger partial charge < -0.3 is 15.2 Å². The number of nitrogens with zero attached hydrogens (tertiary/aromatic N) is 2. The van der Waals surface area contributed by atoms with Crippen molar-refractivity contribution < 1.29 is 9.84 Å². The van der Waals surface area contributed by atoms with Crippen molar-refractivity contribution in [2.75, 3.05) is 25.1 Å². The van der Waals surface area contributed by atoms with Gasteiger partial charge in [0.2, 0.25) is 0 Å². The Morgan fingerprint density at radius 2 is 2.20 bits per heavy atom. The van der Waals surface area contributed by atoms with Crippen LogP contribution in [0.1, 0.15) is 39.5 Å². The van der Waals surface area contributed by atoms with E-state index in [0.717, 1.165) is 18.7 Å². The predicted molar refractivity (Wildman–Crippen MR) is 81.8 cm³/mol. The quantitative estimate of drug-likeness (QED) is 0.655. The van der Waals surface area contributed by atoms with Gasteiger partial charge in [0.1, 0.15) is 0 Å². The molecule has 2 atom stereocenters. The molecular formula is C15H29N3O2. The van der Waals surface area contributed by atoms with E-state index in [4.69, 9.17) is 4.74 Å². The molecule has 1 aromatic heterocycles. The van der Waals surface area contributed by atoms with Gasteiger partial charge in [0.15, 0.2) is 0 Å². The molecule has 0 saturated heterocycles. The van der Waals surface area contributed by atoms with Crippen LogP contribution in [0.2, 0.25) is 0 Å². The van der Waals surface area contributed by atoms with Crippen LogP contribution in [0.4, 0.5) is 5.69 Å². The summed E-state index contributed by atoms with van der Waals surface area (Å²) in [5.74, 6) is 0.619. The van der Waals surface area contributed by atoms with E-state index >= 15 is 0 Å². The maximum Gasteiger partial charge on any atom is 0.0945 e. The molecule has 2 unspecified atom stereocenters. The van der Waals surface area contributed by atoms with Crippen LogP contribution in [0.15, 0.2) is 12.4 Å². The van der Waals surface area contributed by atoms with Crippen molar-refractivity contribution in [3.05, 3.63) is 12.4 Å². The number of unbranched alkanes of at least 4 members (excludes halogenated alkanes) is 1. The number of hydrogen-bond donors (Lipinski definition) is 2. The molecule has 0 aliphatic carbocycles. The Morgan fingerprint density at radius 1 is 1.40 bits per heavy atom. The monoisotopic (exact) mass is 283 g/mol. The molecule has 0 spiro atoms. The van der Waals surface area contributed by atoms with Crippen LogP contribution in [-0.4, -0.2) is 40.7 Å². The van der Waals surface area contributed by atoms with Gasteiger partial charge in [0.25, 0.3) is 0 Å². The van der Waals surface area contributed by atoms with Crippen LogP contribution < -0.4 is 5.32 Å². The molecule has 1 aromatic rings. The molecule has 0 aromatic carbocycles. The molecule has 0 bridgehead atoms. The Balaban J connectivity index is 2.11. The first-order valence-electron chi connectivity index (χ1n) is 7.64. The summed E-state index contributed by atoms with van der Waals surface area (Å²) in [5.41, 5.74) is 0.918. The summed E-state index contributed by atoms with van der Waals surface area (Å²) in [6, 6.07) is 0. The van der Waals surface area contributed by atoms with E-state index in [-0.39, 0.29) is 0 Å². The molecule has 0 aliphatic rings. The maximum absolute atomic E-state index is 9.86. The van der Waals surface area contributed by atoms with Crippen molar-refractivity contribution >= 4 is 5.69 Å². The van der Waals surface area contributed by atoms with Crippen LogP contribution in [0.25, 0.3) is 0 Å². The lowest BCUT2D eigenvalue weighted by Gasteiger charge is -2.17. The first-order valence-corrected chi connectivity index (χ1v) is 7.64. The maximum atomic E-state index is 9.86. The second-order valence-electron chi connectivity index (χ2n) is 5.39. The fraction of sp³-hybridized carbons (Fsp3) is 0.800. The van der Waals surface area contributed by atoms with Crippen LogP contribution >= 0.6 is 0 Å². The van der Waals surface area contributed by atoms with Crippen molar-refractivity contribution in [2.45, 2.75) is 45.6 Å². The number of anilines is 1. The summed E-state index contributed by atoms with van der Waals surface area (Å²) >= 11 is 0. The molecule has 2 N–H and O–H groups in total. The van der Waals surface area contributed by atoms with Crippen molar-refractivity contribution in [1.82, 2.24) is 9.78 Å². The molecule has 0 aliphatic heterocycles. The van der Waals surface area contributed by atoms with Crippen LogP contribution in [0.3, 0.4) is 0 Å². The minimum Gasteiger partial charge on any atom is -0.389 e. The Kier molecular flexibility index (Phi) is 8.30. The van der Waals surface area contributed by atoms with Crippen molar-refractivity contribution in [3.8, 4) is 0 Å². The topological polar surface area (TPSA) is 59.3 Å². The zero-order valence-electron chi connectivity index (χ0n) is 13.0. The highest BCUT2D eigenvalue weighted by molar-refractivity contribution is 5.37. The zero-order valence-corrected chi connectivity index (χ0v) is 13.0. The summed E-state index contributed by atoms with van der Waals surface area (Å²) in [4.78, 5) is 0. The number of nitrogens with one attached hydrogen (secondary N) is 1. The lowest BCUT2D eigenvalue weighted by molar-refractivity contribution is 0.0245. The van der Waals surface area contributed by atoms with Crippen LogP contribution in [-0.2, 0) is 11.8 Å². The third-order valence-corrected chi connectivity index (χ3v) is 3.45. The Morgan fingerprint density at radius 3 is 2.80 bits per heavy atom. The van der Waals surface area contributed by atoms with Gasteiger partial charge in [-0.2, -0.15) is 5.10 Å². The zero-order chi connectivity index (χ0) is 14.8. The van der Waals surface area contributed by atoms with Gasteiger partial charge in [0, 0.05) is 26.4 Å². The van der Waals surface area contributed by atoms with Gasteiger partial charge in [-0.1, -0.05) is 33.1 Å². The van der Waals surface area contributed by atoms with E-state index in [1.807, 2.05) is 13.2 Å². The van der Waals surface area contributed by atoms with Gasteiger partial charge >= 0.3 is 0 Å². The number of aliphatic hydroxyl groups is 1. The Bertz CT molecular complexity index is 355. The molecule has 20 heavy (non-hydrogen) atoms. The average molecular weight is 283 g/mol. The lowest BCUT2D eigenvalue weighted by Crippen LogP contribution is -2.26. The van der Waals surface area contributed by atoms with E-state index < -0.39 is 6.10 Å². The molecule has 0 amide bonds. The molecule has 0 saturated carbocycles. The Hall–Kier alpha value is -1.07. The molecule has 5 heteroatoms. The second-order valence-corrected chi connectivity index (χ2v) is 5.39. The van der Waals surface area contributed by atoms with Crippen LogP contribution in [0, 0.1) is 5.92 Å². The normalized spacial score (nSPS) is 14.2. The fourth-order valence-electron chi connectivity index (χ4n) is 2.08. The average Bonchev–Trinajstić information content (AvgIpc) is 2.86. The van der Waals surface area contributed by atoms with Crippen molar-refractivity contribution in [3.63, 3.8) is 0 Å². The van der Waals surface area contributed by atoms with E-state index in [0.29, 0.717) is 19.1 Å². The highest BCUT2D eigenvalue weighted by atomic mass is 16.5. The number of aliphatic hydroxyl groups excluding tert-OH is 1. The number of aromatic nitrogens is 2. The van der Waals surface area contributed by atoms with E-state index in [9.17, 15) is 5.11 Å². The summed E-state index contributed by atoms with van der Waals surface area (Å²) < 4.78 is 7.36. The molecule has 0 radical (unpaired) electrons. The fourth-order valence-corrected chi connectivity index (χ4v) is 2.08. The number of rotatable bonds is 11. The van der Waals surface area contributed by atoms with Crippen molar-refractivity contribution in [1.29, 1.82) is 0 Å². The number of aryl methyl sites for hydroxylation is 1. The first kappa shape index (κ1) is 17.0. The largest absolute Gasteiger partial charge is 0.389 e. The van der Waals surface area contributed by atoms with Gasteiger partial charge in [-0.15, -0.1) is 0 Å². The highest BCUT2D eigenvalue weighted by Crippen LogP contribution is 2.13. The standard InChI is InChI=1S/C15H29N3O2/c1-4-6-7-13(5-2)11-20-12-15(19)9-16-14-8-17-18(3)10-14/h8,10,13,15-16,19H,4-7,9,11-12H2,1-3H3. The van der Waals surface area contributed by atoms with Crippen LogP contribution in [0.5, 0.6) is 0 Å². The smallest absolute Gasteiger partial charge is 0.0945 e. The lowest BCUT2D eigenvalue weighted by atomic mass is 10.0. The predicted octanol–water partition coefficient (Wildman–Crippen LogP) is 2.43.